The van der Waals surface area contributed by atoms with Crippen LogP contribution in [-0.4, -0.2) is 73.0 Å². The second-order valence-corrected chi connectivity index (χ2v) is 8.65. The van der Waals surface area contributed by atoms with E-state index in [4.69, 9.17) is 28.4 Å². The number of para-hydroxylation sites is 1. The number of carbonyl (C=O) groups excluding carboxylic acids is 4. The summed E-state index contributed by atoms with van der Waals surface area (Å²) < 4.78 is 67.0. The van der Waals surface area contributed by atoms with E-state index in [2.05, 4.69) is 0 Å². The first-order chi connectivity index (χ1) is 15.8. The highest BCUT2D eigenvalue weighted by Gasteiger charge is 2.68. The number of hydrogen-bond acceptors (Lipinski definition) is 12. The van der Waals surface area contributed by atoms with E-state index >= 15 is 0 Å². The Bertz CT molecular complexity index is 1020. The van der Waals surface area contributed by atoms with E-state index in [1.54, 1.807) is 6.07 Å². The Morgan fingerprint density at radius 2 is 1.41 bits per heavy atom. The first kappa shape index (κ1) is 27.0. The zero-order chi connectivity index (χ0) is 25.7. The molecule has 0 amide bonds. The van der Waals surface area contributed by atoms with Crippen LogP contribution in [-0.2, 0) is 53.0 Å². The van der Waals surface area contributed by atoms with Crippen molar-refractivity contribution in [2.45, 2.75) is 57.2 Å². The molecule has 13 nitrogen and oxygen atoms in total. The molecular weight excluding hydrogens is 480 g/mol. The molecular formula is C20H24O13S. The minimum atomic E-state index is -5.47. The van der Waals surface area contributed by atoms with Crippen LogP contribution < -0.4 is 4.74 Å². The largest absolute Gasteiger partial charge is 0.463 e. The van der Waals surface area contributed by atoms with Gasteiger partial charge < -0.3 is 28.4 Å². The molecule has 0 aliphatic carbocycles. The molecule has 0 spiro atoms. The van der Waals surface area contributed by atoms with Gasteiger partial charge in [0, 0.05) is 27.7 Å². The molecule has 1 aliphatic heterocycles. The lowest BCUT2D eigenvalue weighted by Gasteiger charge is -2.48. The van der Waals surface area contributed by atoms with E-state index in [1.165, 1.54) is 24.3 Å². The fourth-order valence-electron chi connectivity index (χ4n) is 3.23. The van der Waals surface area contributed by atoms with Gasteiger partial charge in [0.2, 0.25) is 6.10 Å². The van der Waals surface area contributed by atoms with Gasteiger partial charge >= 0.3 is 39.1 Å². The number of rotatable bonds is 8. The van der Waals surface area contributed by atoms with Gasteiger partial charge in [-0.15, -0.1) is 0 Å². The fourth-order valence-corrected chi connectivity index (χ4v) is 4.15. The van der Waals surface area contributed by atoms with Crippen LogP contribution in [0.4, 0.5) is 0 Å². The van der Waals surface area contributed by atoms with E-state index in [0.29, 0.717) is 0 Å². The van der Waals surface area contributed by atoms with Crippen molar-refractivity contribution in [3.63, 3.8) is 0 Å². The molecule has 0 radical (unpaired) electrons. The summed E-state index contributed by atoms with van der Waals surface area (Å²) in [5.41, 5.74) is 0. The van der Waals surface area contributed by atoms with Gasteiger partial charge in [0.25, 0.3) is 0 Å². The minimum absolute atomic E-state index is 0.156. The average Bonchev–Trinajstić information content (AvgIpc) is 2.70. The molecule has 1 aromatic rings. The Labute approximate surface area is 194 Å². The molecule has 1 heterocycles. The van der Waals surface area contributed by atoms with Crippen LogP contribution in [0, 0.1) is 0 Å². The first-order valence-electron chi connectivity index (χ1n) is 9.80. The topological polar surface area (TPSA) is 178 Å². The Morgan fingerprint density at radius 1 is 0.882 bits per heavy atom. The predicted octanol–water partition coefficient (Wildman–Crippen LogP) is 0.364. The van der Waals surface area contributed by atoms with Gasteiger partial charge in [0.05, 0.1) is 0 Å². The Balaban J connectivity index is 2.76. The van der Waals surface area contributed by atoms with E-state index < -0.39 is 70.1 Å². The molecule has 14 heteroatoms. The van der Waals surface area contributed by atoms with Crippen LogP contribution in [0.5, 0.6) is 5.75 Å². The molecule has 34 heavy (non-hydrogen) atoms. The molecule has 1 aromatic carbocycles. The summed E-state index contributed by atoms with van der Waals surface area (Å²) in [6.45, 7) is 3.20. The molecule has 1 aliphatic rings. The summed E-state index contributed by atoms with van der Waals surface area (Å²) in [5, 5.41) is -3.22. The fraction of sp³-hybridized carbons (Fsp3) is 0.500. The Morgan fingerprint density at radius 3 is 1.88 bits per heavy atom. The summed E-state index contributed by atoms with van der Waals surface area (Å²) >= 11 is 0. The van der Waals surface area contributed by atoms with Crippen molar-refractivity contribution in [2.75, 3.05) is 6.61 Å². The Hall–Kier alpha value is -3.23. The van der Waals surface area contributed by atoms with Gasteiger partial charge in [-0.25, -0.2) is 0 Å². The molecule has 188 valence electrons. The SMILES string of the molecule is CC(=O)OC[C@H]1O[C@@](Oc2ccccc2)(S(=O)(=O)O)[C@@H](OC(C)=O)[C@@H](OC(C)=O)[C@@H]1OC(C)=O. The highest BCUT2D eigenvalue weighted by Crippen LogP contribution is 2.40. The Kier molecular flexibility index (Phi) is 8.58. The second kappa shape index (κ2) is 10.8. The normalized spacial score (nSPS) is 26.6. The number of esters is 4. The summed E-state index contributed by atoms with van der Waals surface area (Å²) in [7, 11) is -5.47. The second-order valence-electron chi connectivity index (χ2n) is 7.13. The van der Waals surface area contributed by atoms with Crippen molar-refractivity contribution < 1.29 is 60.6 Å². The number of ether oxygens (including phenoxy) is 6. The van der Waals surface area contributed by atoms with Crippen molar-refractivity contribution >= 4 is 34.0 Å². The highest BCUT2D eigenvalue weighted by atomic mass is 32.2. The van der Waals surface area contributed by atoms with Crippen LogP contribution in [0.15, 0.2) is 30.3 Å². The van der Waals surface area contributed by atoms with Crippen LogP contribution >= 0.6 is 0 Å². The maximum Gasteiger partial charge on any atom is 0.383 e. The summed E-state index contributed by atoms with van der Waals surface area (Å²) in [6.07, 6.45) is -7.36. The molecule has 0 aromatic heterocycles. The third kappa shape index (κ3) is 6.42. The van der Waals surface area contributed by atoms with Crippen LogP contribution in [0.1, 0.15) is 27.7 Å². The predicted molar refractivity (Wildman–Crippen MR) is 110 cm³/mol. The third-order valence-corrected chi connectivity index (χ3v) is 5.49. The van der Waals surface area contributed by atoms with E-state index in [1.807, 2.05) is 0 Å². The molecule has 1 N–H and O–H groups in total. The van der Waals surface area contributed by atoms with Gasteiger partial charge in [-0.3, -0.25) is 23.7 Å². The van der Waals surface area contributed by atoms with Gasteiger partial charge in [-0.05, 0) is 12.1 Å². The molecule has 0 bridgehead atoms. The zero-order valence-electron chi connectivity index (χ0n) is 18.7. The molecule has 5 atom stereocenters. The third-order valence-electron chi connectivity index (χ3n) is 4.36. The molecule has 1 fully saturated rings. The zero-order valence-corrected chi connectivity index (χ0v) is 19.5. The smallest absolute Gasteiger partial charge is 0.383 e. The van der Waals surface area contributed by atoms with E-state index in [-0.39, 0.29) is 5.75 Å². The lowest BCUT2D eigenvalue weighted by Crippen LogP contribution is -2.72. The lowest BCUT2D eigenvalue weighted by atomic mass is 9.97. The average molecular weight is 504 g/mol. The van der Waals surface area contributed by atoms with Crippen molar-refractivity contribution in [3.8, 4) is 5.75 Å². The number of carbonyl (C=O) groups is 4. The van der Waals surface area contributed by atoms with Crippen LogP contribution in [0.2, 0.25) is 0 Å². The van der Waals surface area contributed by atoms with E-state index in [9.17, 15) is 32.1 Å². The highest BCUT2D eigenvalue weighted by molar-refractivity contribution is 7.87. The summed E-state index contributed by atoms with van der Waals surface area (Å²) in [6, 6.07) is 7.14. The van der Waals surface area contributed by atoms with Crippen molar-refractivity contribution in [3.05, 3.63) is 30.3 Å². The summed E-state index contributed by atoms with van der Waals surface area (Å²) in [5.74, 6) is -3.94. The van der Waals surface area contributed by atoms with Crippen LogP contribution in [0.25, 0.3) is 0 Å². The standard InChI is InChI=1S/C20H24O13S/c1-11(21)28-10-16-17(29-12(2)22)18(30-13(3)23)19(31-14(4)24)20(33-16,34(25,26)27)32-15-8-6-5-7-9-15/h5-9,16-19H,10H2,1-4H3,(H,25,26,27)/t16-,17-,18+,19+,20-/m1/s1. The van der Waals surface area contributed by atoms with Gasteiger partial charge in [-0.2, -0.15) is 8.42 Å². The molecule has 2 rings (SSSR count). The molecule has 1 saturated heterocycles. The first-order valence-corrected chi connectivity index (χ1v) is 11.2. The summed E-state index contributed by atoms with van der Waals surface area (Å²) in [4.78, 5) is 47.0. The quantitative estimate of drug-likeness (QED) is 0.292. The van der Waals surface area contributed by atoms with Gasteiger partial charge in [0.15, 0.2) is 12.2 Å². The van der Waals surface area contributed by atoms with Crippen molar-refractivity contribution in [1.29, 1.82) is 0 Å². The molecule has 0 unspecified atom stereocenters. The number of benzene rings is 1. The van der Waals surface area contributed by atoms with Gasteiger partial charge in [0.1, 0.15) is 18.5 Å². The maximum atomic E-state index is 12.7. The molecule has 0 saturated carbocycles. The maximum absolute atomic E-state index is 12.7. The monoisotopic (exact) mass is 504 g/mol. The van der Waals surface area contributed by atoms with Crippen molar-refractivity contribution in [2.24, 2.45) is 0 Å². The number of hydrogen-bond donors (Lipinski definition) is 1. The van der Waals surface area contributed by atoms with Crippen LogP contribution in [0.3, 0.4) is 0 Å². The lowest BCUT2D eigenvalue weighted by molar-refractivity contribution is -0.308. The minimum Gasteiger partial charge on any atom is -0.463 e. The van der Waals surface area contributed by atoms with Gasteiger partial charge in [-0.1, -0.05) is 18.2 Å². The van der Waals surface area contributed by atoms with E-state index in [0.717, 1.165) is 27.7 Å². The van der Waals surface area contributed by atoms with Crippen molar-refractivity contribution in [1.82, 2.24) is 0 Å².